The predicted octanol–water partition coefficient (Wildman–Crippen LogP) is 5.70. The van der Waals surface area contributed by atoms with Gasteiger partial charge >= 0.3 is 0 Å². The number of hydrogen-bond acceptors (Lipinski definition) is 3. The number of hydrogen-bond donors (Lipinski definition) is 2. The second kappa shape index (κ2) is 7.51. The molecule has 0 aromatic heterocycles. The van der Waals surface area contributed by atoms with Gasteiger partial charge in [-0.05, 0) is 111 Å². The molecule has 0 saturated heterocycles. The lowest BCUT2D eigenvalue weighted by Crippen LogP contribution is -2.54. The van der Waals surface area contributed by atoms with Gasteiger partial charge in [-0.3, -0.25) is 0 Å². The molecule has 3 heteroatoms. The van der Waals surface area contributed by atoms with Crippen LogP contribution in [-0.4, -0.2) is 29.0 Å². The largest absolute Gasteiger partial charge is 0.494 e. The molecule has 0 spiro atoms. The Morgan fingerprint density at radius 2 is 1.80 bits per heavy atom. The van der Waals surface area contributed by atoms with Crippen LogP contribution < -0.4 is 0 Å². The molecule has 170 valence electrons. The van der Waals surface area contributed by atoms with Gasteiger partial charge in [-0.1, -0.05) is 20.8 Å². The SMILES string of the molecule is CC1=C(CCC(C)CO)OC2CC3C4CC[C@H]5CC(O)CC[C@]5(C)C4CC[C@]3(C)C12. The average molecular weight is 417 g/mol. The summed E-state index contributed by atoms with van der Waals surface area (Å²) in [6.07, 6.45) is 12.4. The predicted molar refractivity (Wildman–Crippen MR) is 120 cm³/mol. The molecular formula is C27H44O3. The lowest BCUT2D eigenvalue weighted by Gasteiger charge is -2.60. The Labute approximate surface area is 183 Å². The highest BCUT2D eigenvalue weighted by Gasteiger charge is 2.64. The molecule has 7 unspecified atom stereocenters. The van der Waals surface area contributed by atoms with Gasteiger partial charge in [0.15, 0.2) is 0 Å². The molecular weight excluding hydrogens is 372 g/mol. The van der Waals surface area contributed by atoms with E-state index in [1.807, 2.05) is 0 Å². The summed E-state index contributed by atoms with van der Waals surface area (Å²) in [5.74, 6) is 5.49. The van der Waals surface area contributed by atoms with Crippen LogP contribution in [-0.2, 0) is 4.74 Å². The smallest absolute Gasteiger partial charge is 0.106 e. The summed E-state index contributed by atoms with van der Waals surface area (Å²) < 4.78 is 6.64. The normalized spacial score (nSPS) is 50.9. The highest BCUT2D eigenvalue weighted by Crippen LogP contribution is 2.69. The van der Waals surface area contributed by atoms with Gasteiger partial charge in [0.2, 0.25) is 0 Å². The highest BCUT2D eigenvalue weighted by atomic mass is 16.5. The summed E-state index contributed by atoms with van der Waals surface area (Å²) in [6.45, 7) is 9.94. The molecule has 5 rings (SSSR count). The Kier molecular flexibility index (Phi) is 5.33. The van der Waals surface area contributed by atoms with Crippen LogP contribution in [0.15, 0.2) is 11.3 Å². The van der Waals surface area contributed by atoms with E-state index in [0.717, 1.165) is 49.4 Å². The first kappa shape index (κ1) is 21.3. The van der Waals surface area contributed by atoms with Crippen LogP contribution in [0.1, 0.15) is 91.9 Å². The van der Waals surface area contributed by atoms with Crippen LogP contribution in [0.4, 0.5) is 0 Å². The standard InChI is InChI=1S/C27H44O3/c1-16(15-28)5-8-23-17(2)25-24(30-23)14-22-20-7-6-18-13-19(29)9-11-26(18,3)21(20)10-12-27(22,25)4/h16,18-22,24-25,28-29H,5-15H2,1-4H3/t16?,18-,19?,20?,21?,22?,24?,25?,26-,27-/m0/s1. The minimum absolute atomic E-state index is 0.0486. The third kappa shape index (κ3) is 3.04. The highest BCUT2D eigenvalue weighted by molar-refractivity contribution is 5.26. The number of ether oxygens (including phenoxy) is 1. The third-order valence-electron chi connectivity index (χ3n) is 11.0. The molecule has 2 N–H and O–H groups in total. The summed E-state index contributed by atoms with van der Waals surface area (Å²) in [5.41, 5.74) is 2.39. The quantitative estimate of drug-likeness (QED) is 0.618. The molecule has 10 atom stereocenters. The van der Waals surface area contributed by atoms with E-state index < -0.39 is 0 Å². The van der Waals surface area contributed by atoms with Gasteiger partial charge in [0, 0.05) is 18.9 Å². The van der Waals surface area contributed by atoms with Crippen molar-refractivity contribution in [3.05, 3.63) is 11.3 Å². The van der Waals surface area contributed by atoms with Crippen LogP contribution in [0.5, 0.6) is 0 Å². The molecule has 0 bridgehead atoms. The van der Waals surface area contributed by atoms with Crippen molar-refractivity contribution < 1.29 is 14.9 Å². The molecule has 4 fully saturated rings. The van der Waals surface area contributed by atoms with Crippen molar-refractivity contribution in [1.29, 1.82) is 0 Å². The van der Waals surface area contributed by atoms with Crippen LogP contribution >= 0.6 is 0 Å². The van der Waals surface area contributed by atoms with Crippen LogP contribution in [0.3, 0.4) is 0 Å². The molecule has 4 aliphatic carbocycles. The maximum absolute atomic E-state index is 10.3. The summed E-state index contributed by atoms with van der Waals surface area (Å²) in [6, 6.07) is 0. The lowest BCUT2D eigenvalue weighted by molar-refractivity contribution is -0.124. The summed E-state index contributed by atoms with van der Waals surface area (Å²) in [7, 11) is 0. The van der Waals surface area contributed by atoms with Crippen molar-refractivity contribution in [2.75, 3.05) is 6.61 Å². The van der Waals surface area contributed by atoms with Crippen molar-refractivity contribution in [3.8, 4) is 0 Å². The first-order valence-electron chi connectivity index (χ1n) is 12.9. The van der Waals surface area contributed by atoms with Crippen LogP contribution in [0, 0.1) is 46.3 Å². The maximum atomic E-state index is 10.3. The van der Waals surface area contributed by atoms with Crippen LogP contribution in [0.2, 0.25) is 0 Å². The van der Waals surface area contributed by atoms with Crippen molar-refractivity contribution in [2.24, 2.45) is 46.3 Å². The fraction of sp³-hybridized carbons (Fsp3) is 0.926. The Bertz CT molecular complexity index is 700. The van der Waals surface area contributed by atoms with E-state index in [2.05, 4.69) is 27.7 Å². The van der Waals surface area contributed by atoms with Gasteiger partial charge in [-0.2, -0.15) is 0 Å². The van der Waals surface area contributed by atoms with E-state index in [0.29, 0.717) is 28.8 Å². The zero-order chi connectivity index (χ0) is 21.3. The summed E-state index contributed by atoms with van der Waals surface area (Å²) in [5, 5.41) is 19.7. The maximum Gasteiger partial charge on any atom is 0.106 e. The number of rotatable bonds is 4. The molecule has 1 heterocycles. The third-order valence-corrected chi connectivity index (χ3v) is 11.0. The molecule has 3 nitrogen and oxygen atoms in total. The van der Waals surface area contributed by atoms with Gasteiger partial charge in [0.25, 0.3) is 0 Å². The minimum Gasteiger partial charge on any atom is -0.494 e. The fourth-order valence-corrected chi connectivity index (χ4v) is 9.29. The van der Waals surface area contributed by atoms with Gasteiger partial charge in [-0.25, -0.2) is 0 Å². The monoisotopic (exact) mass is 416 g/mol. The van der Waals surface area contributed by atoms with E-state index in [1.54, 1.807) is 0 Å². The van der Waals surface area contributed by atoms with Crippen molar-refractivity contribution in [3.63, 3.8) is 0 Å². The zero-order valence-electron chi connectivity index (χ0n) is 19.7. The average Bonchev–Trinajstić information content (AvgIpc) is 3.20. The molecule has 0 amide bonds. The zero-order valence-corrected chi connectivity index (χ0v) is 19.7. The fourth-order valence-electron chi connectivity index (χ4n) is 9.29. The number of aliphatic hydroxyl groups is 2. The van der Waals surface area contributed by atoms with E-state index in [-0.39, 0.29) is 12.7 Å². The first-order chi connectivity index (χ1) is 14.3. The number of aliphatic hydroxyl groups excluding tert-OH is 2. The second-order valence-corrected chi connectivity index (χ2v) is 12.4. The van der Waals surface area contributed by atoms with E-state index in [1.165, 1.54) is 49.9 Å². The topological polar surface area (TPSA) is 49.7 Å². The first-order valence-corrected chi connectivity index (χ1v) is 12.9. The molecule has 30 heavy (non-hydrogen) atoms. The Hall–Kier alpha value is -0.540. The van der Waals surface area contributed by atoms with Crippen molar-refractivity contribution in [2.45, 2.75) is 104 Å². The van der Waals surface area contributed by atoms with Crippen molar-refractivity contribution in [1.82, 2.24) is 0 Å². The molecule has 4 saturated carbocycles. The molecule has 5 aliphatic rings. The van der Waals surface area contributed by atoms with Crippen LogP contribution in [0.25, 0.3) is 0 Å². The molecule has 1 aliphatic heterocycles. The van der Waals surface area contributed by atoms with Gasteiger partial charge in [0.1, 0.15) is 6.10 Å². The molecule has 0 aromatic rings. The Balaban J connectivity index is 1.36. The number of allylic oxidation sites excluding steroid dienone is 1. The van der Waals surface area contributed by atoms with Gasteiger partial charge < -0.3 is 14.9 Å². The Morgan fingerprint density at radius 3 is 2.57 bits per heavy atom. The van der Waals surface area contributed by atoms with Crippen molar-refractivity contribution >= 4 is 0 Å². The van der Waals surface area contributed by atoms with Gasteiger partial charge in [0.05, 0.1) is 11.9 Å². The minimum atomic E-state index is -0.0486. The molecule has 0 aromatic carbocycles. The molecule has 0 radical (unpaired) electrons. The van der Waals surface area contributed by atoms with Gasteiger partial charge in [-0.15, -0.1) is 0 Å². The second-order valence-electron chi connectivity index (χ2n) is 12.4. The van der Waals surface area contributed by atoms with E-state index in [4.69, 9.17) is 4.74 Å². The lowest BCUT2D eigenvalue weighted by atomic mass is 9.44. The van der Waals surface area contributed by atoms with E-state index >= 15 is 0 Å². The number of fused-ring (bicyclic) bond motifs is 7. The van der Waals surface area contributed by atoms with E-state index in [9.17, 15) is 10.2 Å². The summed E-state index contributed by atoms with van der Waals surface area (Å²) >= 11 is 0. The Morgan fingerprint density at radius 1 is 1.03 bits per heavy atom. The summed E-state index contributed by atoms with van der Waals surface area (Å²) in [4.78, 5) is 0.